The van der Waals surface area contributed by atoms with Gasteiger partial charge < -0.3 is 15.3 Å². The van der Waals surface area contributed by atoms with Crippen LogP contribution in [0, 0.1) is 29.1 Å². The number of rotatable bonds is 6. The molecule has 3 saturated carbocycles. The summed E-state index contributed by atoms with van der Waals surface area (Å²) in [6.07, 6.45) is 13.4. The lowest BCUT2D eigenvalue weighted by molar-refractivity contribution is 0.0283. The van der Waals surface area contributed by atoms with E-state index >= 15 is 0 Å². The van der Waals surface area contributed by atoms with E-state index in [1.54, 1.807) is 5.57 Å². The van der Waals surface area contributed by atoms with Crippen molar-refractivity contribution < 1.29 is 15.3 Å². The van der Waals surface area contributed by atoms with Crippen molar-refractivity contribution in [1.82, 2.24) is 0 Å². The average Bonchev–Trinajstić information content (AvgIpc) is 3.04. The van der Waals surface area contributed by atoms with E-state index in [0.717, 1.165) is 36.3 Å². The molecular weight excluding hydrogens is 384 g/mol. The summed E-state index contributed by atoms with van der Waals surface area (Å²) in [6.45, 7) is 14.8. The second-order valence-corrected chi connectivity index (χ2v) is 11.8. The first-order valence-electron chi connectivity index (χ1n) is 12.6. The van der Waals surface area contributed by atoms with E-state index in [9.17, 15) is 15.3 Å². The van der Waals surface area contributed by atoms with Crippen LogP contribution >= 0.6 is 0 Å². The molecule has 0 aromatic heterocycles. The maximum Gasteiger partial charge on any atom is 0.0837 e. The van der Waals surface area contributed by atoms with Crippen LogP contribution in [0.15, 0.2) is 35.5 Å². The third-order valence-corrected chi connectivity index (χ3v) is 8.97. The second-order valence-electron chi connectivity index (χ2n) is 11.8. The largest absolute Gasteiger partial charge is 0.392 e. The zero-order valence-electron chi connectivity index (χ0n) is 20.5. The van der Waals surface area contributed by atoms with Gasteiger partial charge >= 0.3 is 0 Å². The van der Waals surface area contributed by atoms with Gasteiger partial charge in [-0.1, -0.05) is 57.9 Å². The monoisotopic (exact) mass is 430 g/mol. The number of aliphatic hydroxyl groups is 3. The van der Waals surface area contributed by atoms with Crippen molar-refractivity contribution >= 4 is 0 Å². The van der Waals surface area contributed by atoms with Crippen LogP contribution < -0.4 is 0 Å². The summed E-state index contributed by atoms with van der Waals surface area (Å²) in [5.74, 6) is 1.94. The molecule has 3 rings (SSSR count). The number of hydrogen-bond acceptors (Lipinski definition) is 3. The molecule has 0 heterocycles. The van der Waals surface area contributed by atoms with Crippen molar-refractivity contribution in [2.45, 2.75) is 110 Å². The topological polar surface area (TPSA) is 60.7 Å². The summed E-state index contributed by atoms with van der Waals surface area (Å²) in [5.41, 5.74) is 3.15. The van der Waals surface area contributed by atoms with Gasteiger partial charge in [0.1, 0.15) is 0 Å². The molecule has 7 atom stereocenters. The van der Waals surface area contributed by atoms with Gasteiger partial charge in [-0.05, 0) is 93.1 Å². The van der Waals surface area contributed by atoms with Crippen LogP contribution in [0.4, 0.5) is 0 Å². The van der Waals surface area contributed by atoms with E-state index in [-0.39, 0.29) is 5.92 Å². The molecule has 3 nitrogen and oxygen atoms in total. The number of hydrogen-bond donors (Lipinski definition) is 3. The van der Waals surface area contributed by atoms with Crippen molar-refractivity contribution in [2.24, 2.45) is 29.1 Å². The van der Waals surface area contributed by atoms with Crippen LogP contribution in [0.1, 0.15) is 92.4 Å². The molecule has 3 N–H and O–H groups in total. The van der Waals surface area contributed by atoms with E-state index in [1.165, 1.54) is 32.1 Å². The maximum atomic E-state index is 10.4. The molecule has 3 aliphatic carbocycles. The van der Waals surface area contributed by atoms with Gasteiger partial charge in [-0.25, -0.2) is 0 Å². The van der Waals surface area contributed by atoms with Gasteiger partial charge in [-0.3, -0.25) is 0 Å². The minimum atomic E-state index is -0.648. The van der Waals surface area contributed by atoms with Crippen LogP contribution in [0.3, 0.4) is 0 Å². The zero-order chi connectivity index (χ0) is 23.0. The van der Waals surface area contributed by atoms with Crippen molar-refractivity contribution in [3.05, 3.63) is 35.5 Å². The molecule has 3 heteroatoms. The van der Waals surface area contributed by atoms with Gasteiger partial charge in [0.25, 0.3) is 0 Å². The Balaban J connectivity index is 1.71. The molecule has 176 valence electrons. The molecule has 0 radical (unpaired) electrons. The molecule has 0 aromatic rings. The Bertz CT molecular complexity index is 712. The Morgan fingerprint density at radius 3 is 2.61 bits per heavy atom. The number of fused-ring (bicyclic) bond motifs is 1. The van der Waals surface area contributed by atoms with Crippen LogP contribution in [0.5, 0.6) is 0 Å². The Morgan fingerprint density at radius 1 is 1.23 bits per heavy atom. The van der Waals surface area contributed by atoms with E-state index in [2.05, 4.69) is 32.6 Å². The van der Waals surface area contributed by atoms with Crippen molar-refractivity contribution in [1.29, 1.82) is 0 Å². The Labute approximate surface area is 190 Å². The van der Waals surface area contributed by atoms with Crippen LogP contribution in [0.25, 0.3) is 0 Å². The number of aliphatic hydroxyl groups excluding tert-OH is 2. The molecule has 31 heavy (non-hydrogen) atoms. The molecule has 0 bridgehead atoms. The first-order valence-corrected chi connectivity index (χ1v) is 12.6. The molecule has 0 saturated heterocycles. The van der Waals surface area contributed by atoms with Crippen molar-refractivity contribution in [2.75, 3.05) is 0 Å². The minimum absolute atomic E-state index is 0.149. The summed E-state index contributed by atoms with van der Waals surface area (Å²) in [7, 11) is 0. The van der Waals surface area contributed by atoms with Crippen LogP contribution in [-0.4, -0.2) is 33.1 Å². The molecule has 3 aliphatic rings. The highest BCUT2D eigenvalue weighted by Gasteiger charge is 2.50. The van der Waals surface area contributed by atoms with Crippen LogP contribution in [-0.2, 0) is 0 Å². The predicted molar refractivity (Wildman–Crippen MR) is 129 cm³/mol. The molecule has 0 amide bonds. The Hall–Kier alpha value is -0.900. The fourth-order valence-electron chi connectivity index (χ4n) is 6.91. The quantitative estimate of drug-likeness (QED) is 0.488. The Kier molecular flexibility index (Phi) is 7.61. The lowest BCUT2D eigenvalue weighted by atomic mass is 9.60. The van der Waals surface area contributed by atoms with Gasteiger partial charge in [0, 0.05) is 5.92 Å². The summed E-state index contributed by atoms with van der Waals surface area (Å²) in [5, 5.41) is 30.7. The lowest BCUT2D eigenvalue weighted by Gasteiger charge is -2.44. The summed E-state index contributed by atoms with van der Waals surface area (Å²) >= 11 is 0. The maximum absolute atomic E-state index is 10.4. The highest BCUT2D eigenvalue weighted by atomic mass is 16.3. The number of allylic oxidation sites excluding steroid dienone is 3. The zero-order valence-corrected chi connectivity index (χ0v) is 20.5. The average molecular weight is 431 g/mol. The summed E-state index contributed by atoms with van der Waals surface area (Å²) < 4.78 is 0. The van der Waals surface area contributed by atoms with Gasteiger partial charge in [0.2, 0.25) is 0 Å². The normalized spacial score (nSPS) is 40.4. The SMILES string of the molecule is C=C1/C(=C/C=C2\CCC[C@]3(C)[C@@H]([C@H](C)CCCC(C)(C)O)CC[C@@H]23)C[C@@H](O)C(C)[C@@H]1O. The van der Waals surface area contributed by atoms with Crippen molar-refractivity contribution in [3.63, 3.8) is 0 Å². The third-order valence-electron chi connectivity index (χ3n) is 8.97. The standard InChI is InChI=1S/C28H46O3/c1-18(9-7-15-27(4,5)31)23-13-14-24-21(10-8-16-28(23,24)6)11-12-22-17-25(29)20(3)26(30)19(22)2/h11-12,18,20,23-26,29-31H,2,7-10,13-17H2,1,3-6H3/b21-11+,22-12+/t18-,20?,23-,24+,25-,26-,28-/m1/s1. The molecule has 0 aliphatic heterocycles. The molecule has 0 spiro atoms. The van der Waals surface area contributed by atoms with E-state index in [0.29, 0.717) is 23.7 Å². The third kappa shape index (κ3) is 5.37. The Morgan fingerprint density at radius 2 is 1.94 bits per heavy atom. The molecule has 1 unspecified atom stereocenters. The highest BCUT2D eigenvalue weighted by Crippen LogP contribution is 2.60. The first-order chi connectivity index (χ1) is 14.4. The van der Waals surface area contributed by atoms with E-state index in [1.807, 2.05) is 20.8 Å². The van der Waals surface area contributed by atoms with Gasteiger partial charge in [0.15, 0.2) is 0 Å². The molecular formula is C28H46O3. The lowest BCUT2D eigenvalue weighted by Crippen LogP contribution is -2.36. The molecule has 3 fully saturated rings. The van der Waals surface area contributed by atoms with Crippen LogP contribution in [0.2, 0.25) is 0 Å². The summed E-state index contributed by atoms with van der Waals surface area (Å²) in [4.78, 5) is 0. The first kappa shape index (κ1) is 24.7. The predicted octanol–water partition coefficient (Wildman–Crippen LogP) is 5.95. The van der Waals surface area contributed by atoms with Gasteiger partial charge in [-0.15, -0.1) is 0 Å². The second kappa shape index (κ2) is 9.53. The van der Waals surface area contributed by atoms with E-state index in [4.69, 9.17) is 0 Å². The fourth-order valence-corrected chi connectivity index (χ4v) is 6.91. The highest BCUT2D eigenvalue weighted by molar-refractivity contribution is 5.39. The van der Waals surface area contributed by atoms with Crippen molar-refractivity contribution in [3.8, 4) is 0 Å². The fraction of sp³-hybridized carbons (Fsp3) is 0.786. The van der Waals surface area contributed by atoms with E-state index < -0.39 is 17.8 Å². The minimum Gasteiger partial charge on any atom is -0.392 e. The smallest absolute Gasteiger partial charge is 0.0837 e. The summed E-state index contributed by atoms with van der Waals surface area (Å²) in [6, 6.07) is 0. The van der Waals surface area contributed by atoms with Gasteiger partial charge in [0.05, 0.1) is 17.8 Å². The molecule has 0 aromatic carbocycles. The van der Waals surface area contributed by atoms with Gasteiger partial charge in [-0.2, -0.15) is 0 Å².